The topological polar surface area (TPSA) is 116 Å². The average Bonchev–Trinajstić information content (AvgIpc) is 2.85. The van der Waals surface area contributed by atoms with Crippen molar-refractivity contribution in [3.63, 3.8) is 0 Å². The number of rotatable bonds is 9. The van der Waals surface area contributed by atoms with Gasteiger partial charge >= 0.3 is 5.97 Å². The largest absolute Gasteiger partial charge is 0.507 e. The van der Waals surface area contributed by atoms with Gasteiger partial charge in [-0.05, 0) is 61.0 Å². The van der Waals surface area contributed by atoms with Crippen molar-refractivity contribution < 1.29 is 33.6 Å². The van der Waals surface area contributed by atoms with E-state index in [9.17, 15) is 14.7 Å². The normalized spacial score (nSPS) is 10.6. The molecule has 0 aromatic heterocycles. The lowest BCUT2D eigenvalue weighted by Gasteiger charge is -2.12. The van der Waals surface area contributed by atoms with Crippen molar-refractivity contribution in [2.24, 2.45) is 5.10 Å². The third-order valence-electron chi connectivity index (χ3n) is 4.62. The molecule has 0 fully saturated rings. The van der Waals surface area contributed by atoms with E-state index in [1.807, 2.05) is 0 Å². The maximum Gasteiger partial charge on any atom is 0.343 e. The van der Waals surface area contributed by atoms with Crippen LogP contribution < -0.4 is 24.4 Å². The highest BCUT2D eigenvalue weighted by molar-refractivity contribution is 5.97. The van der Waals surface area contributed by atoms with E-state index < -0.39 is 11.9 Å². The summed E-state index contributed by atoms with van der Waals surface area (Å²) in [6, 6.07) is 15.7. The van der Waals surface area contributed by atoms with Crippen molar-refractivity contribution in [1.29, 1.82) is 0 Å². The fraction of sp³-hybridized carbons (Fsp3) is 0.160. The Morgan fingerprint density at radius 1 is 0.941 bits per heavy atom. The van der Waals surface area contributed by atoms with Crippen LogP contribution in [0.3, 0.4) is 0 Å². The molecule has 2 N–H and O–H groups in total. The Morgan fingerprint density at radius 3 is 2.38 bits per heavy atom. The SMILES string of the molecule is CCOc1cc(C=NNC(=O)c2ccccc2O)ccc1OC(=O)c1ccc(OC)c(OC)c1. The first-order chi connectivity index (χ1) is 16.5. The van der Waals surface area contributed by atoms with Crippen LogP contribution in [-0.2, 0) is 0 Å². The Bertz CT molecular complexity index is 1210. The zero-order valence-electron chi connectivity index (χ0n) is 18.9. The number of aromatic hydroxyl groups is 1. The Kier molecular flexibility index (Phi) is 8.07. The first-order valence-corrected chi connectivity index (χ1v) is 10.3. The van der Waals surface area contributed by atoms with Gasteiger partial charge in [-0.15, -0.1) is 0 Å². The molecule has 0 heterocycles. The van der Waals surface area contributed by atoms with Crippen molar-refractivity contribution >= 4 is 18.1 Å². The fourth-order valence-electron chi connectivity index (χ4n) is 2.97. The van der Waals surface area contributed by atoms with Gasteiger partial charge < -0.3 is 24.1 Å². The Hall–Kier alpha value is -4.53. The zero-order chi connectivity index (χ0) is 24.5. The number of carbonyl (C=O) groups excluding carboxylic acids is 2. The predicted molar refractivity (Wildman–Crippen MR) is 125 cm³/mol. The molecule has 0 saturated heterocycles. The van der Waals surface area contributed by atoms with Crippen LogP contribution in [0.2, 0.25) is 0 Å². The molecular weight excluding hydrogens is 440 g/mol. The monoisotopic (exact) mass is 464 g/mol. The van der Waals surface area contributed by atoms with Gasteiger partial charge in [-0.2, -0.15) is 5.10 Å². The summed E-state index contributed by atoms with van der Waals surface area (Å²) in [6.07, 6.45) is 1.40. The second-order valence-electron chi connectivity index (χ2n) is 6.81. The van der Waals surface area contributed by atoms with Gasteiger partial charge in [-0.25, -0.2) is 10.2 Å². The molecule has 0 aliphatic rings. The minimum absolute atomic E-state index is 0.104. The van der Waals surface area contributed by atoms with Crippen LogP contribution in [0.15, 0.2) is 65.8 Å². The standard InChI is InChI=1S/C25H24N2O7/c1-4-33-23-13-16(15-26-27-24(29)18-7-5-6-8-19(18)28)9-11-21(23)34-25(30)17-10-12-20(31-2)22(14-17)32-3/h5-15,28H,4H2,1-3H3,(H,27,29). The lowest BCUT2D eigenvalue weighted by atomic mass is 10.2. The highest BCUT2D eigenvalue weighted by atomic mass is 16.6. The van der Waals surface area contributed by atoms with E-state index >= 15 is 0 Å². The van der Waals surface area contributed by atoms with Gasteiger partial charge in [0, 0.05) is 0 Å². The molecule has 0 aliphatic carbocycles. The number of benzene rings is 3. The number of hydrogen-bond donors (Lipinski definition) is 2. The maximum atomic E-state index is 12.7. The van der Waals surface area contributed by atoms with Crippen molar-refractivity contribution in [2.45, 2.75) is 6.92 Å². The molecule has 0 aliphatic heterocycles. The molecule has 0 unspecified atom stereocenters. The molecule has 0 saturated carbocycles. The summed E-state index contributed by atoms with van der Waals surface area (Å²) in [4.78, 5) is 24.8. The number of methoxy groups -OCH3 is 2. The van der Waals surface area contributed by atoms with Crippen LogP contribution in [0.5, 0.6) is 28.7 Å². The summed E-state index contributed by atoms with van der Waals surface area (Å²) in [6.45, 7) is 2.14. The van der Waals surface area contributed by atoms with E-state index in [-0.39, 0.29) is 22.6 Å². The van der Waals surface area contributed by atoms with Crippen molar-refractivity contribution in [2.75, 3.05) is 20.8 Å². The van der Waals surface area contributed by atoms with Crippen molar-refractivity contribution in [3.05, 3.63) is 77.4 Å². The smallest absolute Gasteiger partial charge is 0.343 e. The summed E-state index contributed by atoms with van der Waals surface area (Å²) in [5, 5.41) is 13.7. The number of carbonyl (C=O) groups is 2. The van der Waals surface area contributed by atoms with E-state index in [1.165, 1.54) is 38.6 Å². The predicted octanol–water partition coefficient (Wildman–Crippen LogP) is 3.79. The van der Waals surface area contributed by atoms with Gasteiger partial charge in [-0.1, -0.05) is 12.1 Å². The summed E-state index contributed by atoms with van der Waals surface area (Å²) in [7, 11) is 2.98. The van der Waals surface area contributed by atoms with Gasteiger partial charge in [-0.3, -0.25) is 4.79 Å². The minimum Gasteiger partial charge on any atom is -0.507 e. The second kappa shape index (κ2) is 11.4. The lowest BCUT2D eigenvalue weighted by Crippen LogP contribution is -2.17. The summed E-state index contributed by atoms with van der Waals surface area (Å²) >= 11 is 0. The molecule has 3 rings (SSSR count). The van der Waals surface area contributed by atoms with Gasteiger partial charge in [0.1, 0.15) is 5.75 Å². The Labute approximate surface area is 196 Å². The molecule has 0 radical (unpaired) electrons. The molecule has 176 valence electrons. The number of nitrogens with zero attached hydrogens (tertiary/aromatic N) is 1. The molecule has 3 aromatic carbocycles. The highest BCUT2D eigenvalue weighted by Gasteiger charge is 2.16. The van der Waals surface area contributed by atoms with Gasteiger partial charge in [0.25, 0.3) is 5.91 Å². The maximum absolute atomic E-state index is 12.7. The Balaban J connectivity index is 1.74. The zero-order valence-corrected chi connectivity index (χ0v) is 18.9. The number of ether oxygens (including phenoxy) is 4. The number of para-hydroxylation sites is 1. The summed E-state index contributed by atoms with van der Waals surface area (Å²) < 4.78 is 21.5. The number of esters is 1. The van der Waals surface area contributed by atoms with Crippen LogP contribution in [0, 0.1) is 0 Å². The summed E-state index contributed by atoms with van der Waals surface area (Å²) in [5.41, 5.74) is 3.32. The molecular formula is C25H24N2O7. The number of phenolic OH excluding ortho intramolecular Hbond substituents is 1. The van der Waals surface area contributed by atoms with Gasteiger partial charge in [0.05, 0.1) is 38.2 Å². The first-order valence-electron chi connectivity index (χ1n) is 10.3. The van der Waals surface area contributed by atoms with E-state index in [1.54, 1.807) is 49.4 Å². The number of hydrogen-bond acceptors (Lipinski definition) is 8. The van der Waals surface area contributed by atoms with Crippen molar-refractivity contribution in [3.8, 4) is 28.7 Å². The first kappa shape index (κ1) is 24.1. The molecule has 0 atom stereocenters. The fourth-order valence-corrected chi connectivity index (χ4v) is 2.97. The molecule has 0 bridgehead atoms. The number of nitrogens with one attached hydrogen (secondary N) is 1. The second-order valence-corrected chi connectivity index (χ2v) is 6.81. The quantitative estimate of drug-likeness (QED) is 0.214. The van der Waals surface area contributed by atoms with E-state index in [0.717, 1.165) is 0 Å². The molecule has 1 amide bonds. The van der Waals surface area contributed by atoms with E-state index in [2.05, 4.69) is 10.5 Å². The molecule has 3 aromatic rings. The van der Waals surface area contributed by atoms with Gasteiger partial charge in [0.2, 0.25) is 0 Å². The van der Waals surface area contributed by atoms with Crippen LogP contribution >= 0.6 is 0 Å². The molecule has 9 nitrogen and oxygen atoms in total. The van der Waals surface area contributed by atoms with Crippen LogP contribution in [-0.4, -0.2) is 44.0 Å². The lowest BCUT2D eigenvalue weighted by molar-refractivity contribution is 0.0727. The molecule has 9 heteroatoms. The van der Waals surface area contributed by atoms with Crippen LogP contribution in [0.25, 0.3) is 0 Å². The number of phenols is 1. The van der Waals surface area contributed by atoms with Crippen molar-refractivity contribution in [1.82, 2.24) is 5.43 Å². The van der Waals surface area contributed by atoms with Crippen LogP contribution in [0.4, 0.5) is 0 Å². The van der Waals surface area contributed by atoms with Crippen LogP contribution in [0.1, 0.15) is 33.2 Å². The third-order valence-corrected chi connectivity index (χ3v) is 4.62. The van der Waals surface area contributed by atoms with Gasteiger partial charge in [0.15, 0.2) is 23.0 Å². The Morgan fingerprint density at radius 2 is 1.68 bits per heavy atom. The van der Waals surface area contributed by atoms with E-state index in [0.29, 0.717) is 29.4 Å². The number of hydrazone groups is 1. The highest BCUT2D eigenvalue weighted by Crippen LogP contribution is 2.31. The number of amides is 1. The third kappa shape index (κ3) is 5.83. The minimum atomic E-state index is -0.599. The molecule has 0 spiro atoms. The summed E-state index contributed by atoms with van der Waals surface area (Å²) in [5.74, 6) is 0.142. The molecule has 34 heavy (non-hydrogen) atoms. The average molecular weight is 464 g/mol. The van der Waals surface area contributed by atoms with E-state index in [4.69, 9.17) is 18.9 Å².